The van der Waals surface area contributed by atoms with Crippen molar-refractivity contribution in [2.75, 3.05) is 11.9 Å². The predicted molar refractivity (Wildman–Crippen MR) is 80.0 cm³/mol. The summed E-state index contributed by atoms with van der Waals surface area (Å²) in [5.74, 6) is 0. The first-order chi connectivity index (χ1) is 9.26. The second-order valence-corrected chi connectivity index (χ2v) is 5.04. The highest BCUT2D eigenvalue weighted by Gasteiger charge is 2.16. The van der Waals surface area contributed by atoms with Gasteiger partial charge < -0.3 is 9.88 Å². The number of aryl methyl sites for hydroxylation is 2. The van der Waals surface area contributed by atoms with Crippen molar-refractivity contribution in [3.8, 4) is 0 Å². The van der Waals surface area contributed by atoms with Crippen LogP contribution in [0.3, 0.4) is 0 Å². The Morgan fingerprint density at radius 1 is 1.37 bits per heavy atom. The normalized spacial score (nSPS) is 15.8. The van der Waals surface area contributed by atoms with Gasteiger partial charge in [-0.05, 0) is 54.7 Å². The molecule has 0 unspecified atom stereocenters. The van der Waals surface area contributed by atoms with Gasteiger partial charge in [-0.3, -0.25) is 0 Å². The average molecular weight is 253 g/mol. The van der Waals surface area contributed by atoms with Gasteiger partial charge in [0.2, 0.25) is 0 Å². The number of anilines is 1. The summed E-state index contributed by atoms with van der Waals surface area (Å²) in [6.07, 6.45) is 8.36. The average Bonchev–Trinajstić information content (AvgIpc) is 2.98. The third kappa shape index (κ3) is 2.41. The van der Waals surface area contributed by atoms with Crippen LogP contribution in [-0.2, 0) is 13.5 Å². The standard InChI is InChI=1S/C16H19N3/c1-3-17-14-7-6-12-4-5-13(16(12)9-14)8-15-10-19(2)11-18-15/h6-11,17H,3-5H2,1-2H3/b13-8+. The van der Waals surface area contributed by atoms with Gasteiger partial charge in [-0.1, -0.05) is 6.07 Å². The van der Waals surface area contributed by atoms with Crippen molar-refractivity contribution in [3.05, 3.63) is 47.5 Å². The summed E-state index contributed by atoms with van der Waals surface area (Å²) < 4.78 is 1.98. The van der Waals surface area contributed by atoms with Crippen molar-refractivity contribution in [1.29, 1.82) is 0 Å². The molecule has 0 aliphatic heterocycles. The van der Waals surface area contributed by atoms with Crippen molar-refractivity contribution in [3.63, 3.8) is 0 Å². The molecule has 1 aliphatic carbocycles. The van der Waals surface area contributed by atoms with Crippen LogP contribution in [0, 0.1) is 0 Å². The summed E-state index contributed by atoms with van der Waals surface area (Å²) in [7, 11) is 2.00. The van der Waals surface area contributed by atoms with Crippen LogP contribution in [-0.4, -0.2) is 16.1 Å². The highest BCUT2D eigenvalue weighted by molar-refractivity contribution is 5.85. The first-order valence-electron chi connectivity index (χ1n) is 6.82. The molecule has 0 amide bonds. The number of imidazole rings is 1. The summed E-state index contributed by atoms with van der Waals surface area (Å²) in [5.41, 5.74) is 6.47. The molecule has 1 N–H and O–H groups in total. The Bertz CT molecular complexity index is 623. The zero-order chi connectivity index (χ0) is 13.2. The molecular formula is C16H19N3. The van der Waals surface area contributed by atoms with E-state index in [1.807, 2.05) is 17.9 Å². The van der Waals surface area contributed by atoms with E-state index in [0.29, 0.717) is 0 Å². The quantitative estimate of drug-likeness (QED) is 0.909. The van der Waals surface area contributed by atoms with E-state index < -0.39 is 0 Å². The summed E-state index contributed by atoms with van der Waals surface area (Å²) in [6, 6.07) is 6.68. The fourth-order valence-corrected chi connectivity index (χ4v) is 2.65. The Kier molecular flexibility index (Phi) is 3.11. The number of nitrogens with zero attached hydrogens (tertiary/aromatic N) is 2. The zero-order valence-electron chi connectivity index (χ0n) is 11.5. The minimum absolute atomic E-state index is 0.956. The molecule has 3 heteroatoms. The molecular weight excluding hydrogens is 234 g/mol. The van der Waals surface area contributed by atoms with Crippen LogP contribution in [0.5, 0.6) is 0 Å². The van der Waals surface area contributed by atoms with Crippen molar-refractivity contribution >= 4 is 17.3 Å². The number of hydrogen-bond donors (Lipinski definition) is 1. The Hall–Kier alpha value is -2.03. The molecule has 19 heavy (non-hydrogen) atoms. The molecule has 0 atom stereocenters. The molecule has 1 aromatic carbocycles. The number of benzene rings is 1. The third-order valence-electron chi connectivity index (χ3n) is 3.55. The molecule has 3 nitrogen and oxygen atoms in total. The maximum Gasteiger partial charge on any atom is 0.0950 e. The minimum Gasteiger partial charge on any atom is -0.385 e. The lowest BCUT2D eigenvalue weighted by Crippen LogP contribution is -1.97. The smallest absolute Gasteiger partial charge is 0.0950 e. The number of nitrogens with one attached hydrogen (secondary N) is 1. The summed E-state index contributed by atoms with van der Waals surface area (Å²) in [6.45, 7) is 3.08. The van der Waals surface area contributed by atoms with Gasteiger partial charge in [-0.25, -0.2) is 4.98 Å². The maximum atomic E-state index is 4.38. The van der Waals surface area contributed by atoms with Crippen LogP contribution in [0.2, 0.25) is 0 Å². The molecule has 1 heterocycles. The molecule has 98 valence electrons. The molecule has 0 radical (unpaired) electrons. The van der Waals surface area contributed by atoms with Gasteiger partial charge >= 0.3 is 0 Å². The summed E-state index contributed by atoms with van der Waals surface area (Å²) in [5, 5.41) is 3.38. The monoisotopic (exact) mass is 253 g/mol. The van der Waals surface area contributed by atoms with E-state index in [4.69, 9.17) is 0 Å². The van der Waals surface area contributed by atoms with Gasteiger partial charge in [0.05, 0.1) is 12.0 Å². The summed E-state index contributed by atoms with van der Waals surface area (Å²) in [4.78, 5) is 4.38. The van der Waals surface area contributed by atoms with Gasteiger partial charge in [0.15, 0.2) is 0 Å². The lowest BCUT2D eigenvalue weighted by atomic mass is 10.1. The number of aromatic nitrogens is 2. The second-order valence-electron chi connectivity index (χ2n) is 5.04. The Morgan fingerprint density at radius 3 is 3.00 bits per heavy atom. The van der Waals surface area contributed by atoms with Crippen LogP contribution < -0.4 is 5.32 Å². The molecule has 0 bridgehead atoms. The van der Waals surface area contributed by atoms with E-state index in [-0.39, 0.29) is 0 Å². The first kappa shape index (κ1) is 12.0. The van der Waals surface area contributed by atoms with Crippen LogP contribution in [0.4, 0.5) is 5.69 Å². The van der Waals surface area contributed by atoms with Crippen molar-refractivity contribution in [2.24, 2.45) is 7.05 Å². The van der Waals surface area contributed by atoms with E-state index in [1.165, 1.54) is 22.4 Å². The third-order valence-corrected chi connectivity index (χ3v) is 3.55. The maximum absolute atomic E-state index is 4.38. The highest BCUT2D eigenvalue weighted by atomic mass is 15.0. The largest absolute Gasteiger partial charge is 0.385 e. The fourth-order valence-electron chi connectivity index (χ4n) is 2.65. The first-order valence-corrected chi connectivity index (χ1v) is 6.82. The lowest BCUT2D eigenvalue weighted by molar-refractivity contribution is 0.913. The number of rotatable bonds is 3. The highest BCUT2D eigenvalue weighted by Crippen LogP contribution is 2.35. The van der Waals surface area contributed by atoms with Gasteiger partial charge in [0.1, 0.15) is 0 Å². The summed E-state index contributed by atoms with van der Waals surface area (Å²) >= 11 is 0. The molecule has 1 aromatic heterocycles. The number of fused-ring (bicyclic) bond motifs is 1. The van der Waals surface area contributed by atoms with E-state index >= 15 is 0 Å². The molecule has 0 saturated heterocycles. The van der Waals surface area contributed by atoms with Crippen LogP contribution in [0.1, 0.15) is 30.2 Å². The Labute approximate surface area is 114 Å². The SMILES string of the molecule is CCNc1ccc2c(c1)/C(=C/c1cn(C)cn1)CC2. The van der Waals surface area contributed by atoms with E-state index in [0.717, 1.165) is 25.1 Å². The van der Waals surface area contributed by atoms with Crippen molar-refractivity contribution < 1.29 is 0 Å². The van der Waals surface area contributed by atoms with Crippen LogP contribution in [0.15, 0.2) is 30.7 Å². The van der Waals surface area contributed by atoms with Gasteiger partial charge in [-0.15, -0.1) is 0 Å². The lowest BCUT2D eigenvalue weighted by Gasteiger charge is -2.07. The molecule has 3 rings (SSSR count). The van der Waals surface area contributed by atoms with Gasteiger partial charge in [0, 0.05) is 25.5 Å². The van der Waals surface area contributed by atoms with E-state index in [2.05, 4.69) is 47.7 Å². The minimum atomic E-state index is 0.956. The molecule has 0 saturated carbocycles. The van der Waals surface area contributed by atoms with Crippen molar-refractivity contribution in [1.82, 2.24) is 9.55 Å². The second kappa shape index (κ2) is 4.92. The Balaban J connectivity index is 1.96. The molecule has 0 spiro atoms. The molecule has 2 aromatic rings. The van der Waals surface area contributed by atoms with E-state index in [9.17, 15) is 0 Å². The van der Waals surface area contributed by atoms with Crippen molar-refractivity contribution in [2.45, 2.75) is 19.8 Å². The fraction of sp³-hybridized carbons (Fsp3) is 0.312. The number of hydrogen-bond acceptors (Lipinski definition) is 2. The van der Waals surface area contributed by atoms with Crippen LogP contribution in [0.25, 0.3) is 11.6 Å². The molecule has 1 aliphatic rings. The van der Waals surface area contributed by atoms with E-state index in [1.54, 1.807) is 0 Å². The van der Waals surface area contributed by atoms with Crippen LogP contribution >= 0.6 is 0 Å². The van der Waals surface area contributed by atoms with Gasteiger partial charge in [0.25, 0.3) is 0 Å². The van der Waals surface area contributed by atoms with Gasteiger partial charge in [-0.2, -0.15) is 0 Å². The topological polar surface area (TPSA) is 29.9 Å². The Morgan fingerprint density at radius 2 is 2.26 bits per heavy atom. The number of allylic oxidation sites excluding steroid dienone is 1. The zero-order valence-corrected chi connectivity index (χ0v) is 11.5. The predicted octanol–water partition coefficient (Wildman–Crippen LogP) is 3.34. The molecule has 0 fully saturated rings.